The van der Waals surface area contributed by atoms with Gasteiger partial charge in [-0.1, -0.05) is 105 Å². The number of rotatable bonds is 38. The number of likely N-dealkylation sites (tertiary alicyclic amines) is 1. The number of unbranched alkanes of at least 4 members (excludes halogenated alkanes) is 2. The molecule has 1 fully saturated rings. The quantitative estimate of drug-likeness (QED) is 0.0202. The van der Waals surface area contributed by atoms with Crippen molar-refractivity contribution < 1.29 is 67.3 Å². The summed E-state index contributed by atoms with van der Waals surface area (Å²) in [5.41, 5.74) is 11.8. The number of amides is 10. The third-order valence-corrected chi connectivity index (χ3v) is 16.5. The number of nitrogens with zero attached hydrogens (tertiary/aromatic N) is 5. The van der Waals surface area contributed by atoms with Crippen LogP contribution in [0.15, 0.2) is 47.5 Å². The van der Waals surface area contributed by atoms with Crippen LogP contribution in [0.2, 0.25) is 0 Å². The second-order valence-corrected chi connectivity index (χ2v) is 24.1. The minimum Gasteiger partial charge on any atom is -0.480 e. The van der Waals surface area contributed by atoms with Crippen LogP contribution in [-0.2, 0) is 68.6 Å². The van der Waals surface area contributed by atoms with Crippen molar-refractivity contribution in [2.24, 2.45) is 46.0 Å². The molecule has 2 aliphatic heterocycles. The van der Waals surface area contributed by atoms with E-state index < -0.39 is 132 Å². The molecule has 492 valence electrons. The number of benzene rings is 1. The van der Waals surface area contributed by atoms with Gasteiger partial charge in [-0.15, -0.1) is 0 Å². The normalized spacial score (nSPS) is 17.4. The minimum atomic E-state index is -1.21. The number of ether oxygens (including phenoxy) is 2. The van der Waals surface area contributed by atoms with E-state index in [1.165, 1.54) is 43.2 Å². The molecule has 11 atom stereocenters. The lowest BCUT2D eigenvalue weighted by atomic mass is 9.89. The maximum atomic E-state index is 14.8. The fourth-order valence-corrected chi connectivity index (χ4v) is 11.3. The van der Waals surface area contributed by atoms with Crippen molar-refractivity contribution >= 4 is 71.0 Å². The van der Waals surface area contributed by atoms with Crippen molar-refractivity contribution in [3.8, 4) is 0 Å². The highest BCUT2D eigenvalue weighted by Gasteiger charge is 2.44. The zero-order chi connectivity index (χ0) is 66.1. The van der Waals surface area contributed by atoms with Crippen LogP contribution in [-0.4, -0.2) is 205 Å². The third kappa shape index (κ3) is 22.3. The number of carboxylic acid groups (broad SMARTS) is 1. The van der Waals surface area contributed by atoms with E-state index in [4.69, 9.17) is 20.9 Å². The SMILES string of the molecule is CC[C@H](C)C([C@@H](CC(=O)N1CCCC1[C@H](OC)[C@@H](C)C(=O)N[C@@H](Cc1ccccc1)C(=O)O)OC)N(C)C(=O)[C@@H](NC(=O)[C@H](C(C)C)N(C)C(=O)CNC(=O)C(CCCN=C(N)N)NC(=O)C(NC(=O)CCCCCN1C(=O)C=CC1=O)C(C)C)C(C)C. The van der Waals surface area contributed by atoms with E-state index in [0.717, 1.165) is 10.5 Å². The fourth-order valence-electron chi connectivity index (χ4n) is 11.3. The monoisotopic (exact) mass is 1240 g/mol. The van der Waals surface area contributed by atoms with Gasteiger partial charge in [-0.05, 0) is 67.8 Å². The van der Waals surface area contributed by atoms with Crippen LogP contribution in [0.5, 0.6) is 0 Å². The van der Waals surface area contributed by atoms with Gasteiger partial charge in [0.2, 0.25) is 47.3 Å². The number of likely N-dealkylation sites (N-methyl/N-ethyl adjacent to an activating group) is 2. The van der Waals surface area contributed by atoms with Crippen molar-refractivity contribution in [1.29, 1.82) is 0 Å². The Labute approximate surface area is 518 Å². The highest BCUT2D eigenvalue weighted by Crippen LogP contribution is 2.30. The number of nitrogens with one attached hydrogen (secondary N) is 5. The van der Waals surface area contributed by atoms with E-state index in [1.54, 1.807) is 84.7 Å². The van der Waals surface area contributed by atoms with Crippen LogP contribution >= 0.6 is 0 Å². The van der Waals surface area contributed by atoms with Gasteiger partial charge in [0.25, 0.3) is 11.8 Å². The summed E-state index contributed by atoms with van der Waals surface area (Å²) in [4.78, 5) is 158. The molecule has 1 aromatic carbocycles. The van der Waals surface area contributed by atoms with Crippen molar-refractivity contribution in [3.05, 3.63) is 48.0 Å². The van der Waals surface area contributed by atoms with Crippen LogP contribution < -0.4 is 38.1 Å². The van der Waals surface area contributed by atoms with E-state index in [2.05, 4.69) is 31.6 Å². The van der Waals surface area contributed by atoms with Crippen LogP contribution in [0.1, 0.15) is 132 Å². The summed E-state index contributed by atoms with van der Waals surface area (Å²) in [5, 5.41) is 23.6. The minimum absolute atomic E-state index is 0.0357. The van der Waals surface area contributed by atoms with E-state index in [1.807, 2.05) is 19.9 Å². The molecule has 0 aromatic heterocycles. The van der Waals surface area contributed by atoms with Gasteiger partial charge in [0.1, 0.15) is 30.2 Å². The molecule has 26 nitrogen and oxygen atoms in total. The topological polar surface area (TPSA) is 364 Å². The second-order valence-electron chi connectivity index (χ2n) is 24.1. The highest BCUT2D eigenvalue weighted by atomic mass is 16.5. The van der Waals surface area contributed by atoms with Gasteiger partial charge in [0.15, 0.2) is 5.96 Å². The summed E-state index contributed by atoms with van der Waals surface area (Å²) < 4.78 is 12.0. The number of carbonyl (C=O) groups is 11. The first-order valence-electron chi connectivity index (χ1n) is 30.7. The largest absolute Gasteiger partial charge is 0.480 e. The average Bonchev–Trinajstić information content (AvgIpc) is 4.19. The van der Waals surface area contributed by atoms with Gasteiger partial charge in [0, 0.05) is 72.9 Å². The molecule has 10 amide bonds. The summed E-state index contributed by atoms with van der Waals surface area (Å²) in [7, 11) is 5.92. The van der Waals surface area contributed by atoms with Crippen LogP contribution in [0.3, 0.4) is 0 Å². The molecule has 10 N–H and O–H groups in total. The van der Waals surface area contributed by atoms with Crippen molar-refractivity contribution in [2.45, 2.75) is 187 Å². The highest BCUT2D eigenvalue weighted by molar-refractivity contribution is 6.12. The van der Waals surface area contributed by atoms with Gasteiger partial charge >= 0.3 is 5.97 Å². The van der Waals surface area contributed by atoms with Gasteiger partial charge < -0.3 is 67.3 Å². The number of imide groups is 1. The Morgan fingerprint density at radius 1 is 0.739 bits per heavy atom. The molecular formula is C62H100N12O14. The lowest BCUT2D eigenvalue weighted by molar-refractivity contribution is -0.149. The van der Waals surface area contributed by atoms with Gasteiger partial charge in [-0.2, -0.15) is 0 Å². The molecule has 0 bridgehead atoms. The molecule has 0 saturated carbocycles. The molecule has 0 spiro atoms. The first kappa shape index (κ1) is 74.8. The number of hydrogen-bond acceptors (Lipinski definition) is 14. The molecule has 3 rings (SSSR count). The van der Waals surface area contributed by atoms with Gasteiger partial charge in [-0.25, -0.2) is 4.79 Å². The first-order valence-corrected chi connectivity index (χ1v) is 30.7. The summed E-state index contributed by atoms with van der Waals surface area (Å²) in [6.07, 6.45) is 4.25. The number of guanidine groups is 1. The molecule has 0 radical (unpaired) electrons. The van der Waals surface area contributed by atoms with Crippen molar-refractivity contribution in [1.82, 2.24) is 46.2 Å². The molecule has 1 saturated heterocycles. The Morgan fingerprint density at radius 2 is 1.36 bits per heavy atom. The lowest BCUT2D eigenvalue weighted by Gasteiger charge is -2.41. The first-order chi connectivity index (χ1) is 41.5. The number of carboxylic acids is 1. The van der Waals surface area contributed by atoms with Gasteiger partial charge in [0.05, 0.1) is 43.2 Å². The number of hydrogen-bond donors (Lipinski definition) is 8. The lowest BCUT2D eigenvalue weighted by Crippen LogP contribution is -2.61. The Balaban J connectivity index is 1.73. The van der Waals surface area contributed by atoms with Crippen LogP contribution in [0, 0.1) is 29.6 Å². The predicted molar refractivity (Wildman–Crippen MR) is 330 cm³/mol. The zero-order valence-corrected chi connectivity index (χ0v) is 53.9. The molecule has 88 heavy (non-hydrogen) atoms. The summed E-state index contributed by atoms with van der Waals surface area (Å²) in [6, 6.07) is 2.05. The van der Waals surface area contributed by atoms with E-state index in [9.17, 15) is 57.8 Å². The fraction of sp³-hybridized carbons (Fsp3) is 0.677. The average molecular weight is 1240 g/mol. The number of aliphatic imine (C=N–C) groups is 1. The Bertz CT molecular complexity index is 2580. The zero-order valence-electron chi connectivity index (χ0n) is 53.9. The Hall–Kier alpha value is -7.48. The molecule has 2 heterocycles. The molecule has 26 heteroatoms. The molecule has 1 aromatic rings. The molecule has 4 unspecified atom stereocenters. The van der Waals surface area contributed by atoms with E-state index in [0.29, 0.717) is 45.1 Å². The number of aliphatic carboxylic acids is 1. The maximum absolute atomic E-state index is 14.8. The predicted octanol–water partition coefficient (Wildman–Crippen LogP) is 1.62. The van der Waals surface area contributed by atoms with E-state index >= 15 is 0 Å². The second kappa shape index (κ2) is 36.7. The summed E-state index contributed by atoms with van der Waals surface area (Å²) in [5.74, 6) is -8.95. The van der Waals surface area contributed by atoms with E-state index in [-0.39, 0.29) is 74.8 Å². The number of methoxy groups -OCH3 is 2. The molecule has 0 aliphatic carbocycles. The Morgan fingerprint density at radius 3 is 1.92 bits per heavy atom. The van der Waals surface area contributed by atoms with Crippen molar-refractivity contribution in [3.63, 3.8) is 0 Å². The molecule has 2 aliphatic rings. The van der Waals surface area contributed by atoms with Crippen molar-refractivity contribution in [2.75, 3.05) is 54.5 Å². The maximum Gasteiger partial charge on any atom is 0.326 e. The number of nitrogens with two attached hydrogens (primary N) is 2. The number of carbonyl (C=O) groups excluding carboxylic acids is 10. The third-order valence-electron chi connectivity index (χ3n) is 16.5. The Kier molecular flexibility index (Phi) is 31.2. The summed E-state index contributed by atoms with van der Waals surface area (Å²) >= 11 is 0. The standard InChI is InChI=1S/C62H100N12O14/c1-14-39(8)54(45(87-12)34-49(78)73-32-22-26-44(73)55(88-13)40(9)56(80)68-43(61(85)86)33-41-23-17-15-18-24-41)72(11)60(84)52(37(4)5)70-59(83)53(38(6)7)71(10)50(79)35-66-57(81)42(25-21-30-65-62(63)64)67-58(82)51(36(2)3)69-46(75)27-19-16-20-31-74-47(76)28-29-48(74)77/h15,17-18,23-24,28-29,36-40,42-45,51-55H,14,16,19-22,25-27,30-35H2,1-13H3,(H,66,81)(H,67,82)(H,68,80)(H,69,75)(H,70,83)(H,85,86)(H4,63,64,65)/t39-,40+,42?,43-,44?,45+,51?,52-,53-,54?,55+/m0/s1. The van der Waals surface area contributed by atoms with Gasteiger partial charge in [-0.3, -0.25) is 57.8 Å². The summed E-state index contributed by atoms with van der Waals surface area (Å²) in [6.45, 7) is 16.1. The molecular weight excluding hydrogens is 1140 g/mol. The van der Waals surface area contributed by atoms with Crippen LogP contribution in [0.4, 0.5) is 0 Å². The van der Waals surface area contributed by atoms with Crippen LogP contribution in [0.25, 0.3) is 0 Å². The smallest absolute Gasteiger partial charge is 0.326 e.